The van der Waals surface area contributed by atoms with E-state index in [0.29, 0.717) is 13.0 Å². The second kappa shape index (κ2) is 5.11. The molecule has 2 unspecified atom stereocenters. The molecule has 0 aromatic rings. The Morgan fingerprint density at radius 2 is 2.13 bits per heavy atom. The SMILES string of the molecule is CCCC1NC(=O)N(CC(N)CC)C1=O. The van der Waals surface area contributed by atoms with Gasteiger partial charge in [0.25, 0.3) is 5.91 Å². The van der Waals surface area contributed by atoms with Crippen molar-refractivity contribution < 1.29 is 9.59 Å². The van der Waals surface area contributed by atoms with Crippen LogP contribution in [0.3, 0.4) is 0 Å². The van der Waals surface area contributed by atoms with E-state index in [2.05, 4.69) is 5.32 Å². The maximum atomic E-state index is 11.7. The number of hydrogen-bond acceptors (Lipinski definition) is 3. The van der Waals surface area contributed by atoms with E-state index in [1.54, 1.807) is 0 Å². The molecular formula is C10H19N3O2. The summed E-state index contributed by atoms with van der Waals surface area (Å²) in [6, 6.07) is -0.769. The fraction of sp³-hybridized carbons (Fsp3) is 0.800. The van der Waals surface area contributed by atoms with Crippen LogP contribution in [0.1, 0.15) is 33.1 Å². The minimum Gasteiger partial charge on any atom is -0.326 e. The fourth-order valence-corrected chi connectivity index (χ4v) is 1.60. The van der Waals surface area contributed by atoms with Crippen molar-refractivity contribution in [2.24, 2.45) is 5.73 Å². The number of nitrogens with two attached hydrogens (primary N) is 1. The molecule has 1 fully saturated rings. The molecule has 3 amide bonds. The lowest BCUT2D eigenvalue weighted by Crippen LogP contribution is -2.41. The topological polar surface area (TPSA) is 75.4 Å². The Kier molecular flexibility index (Phi) is 4.08. The Balaban J connectivity index is 2.58. The molecule has 0 spiro atoms. The van der Waals surface area contributed by atoms with Gasteiger partial charge in [-0.3, -0.25) is 9.69 Å². The molecule has 1 saturated heterocycles. The summed E-state index contributed by atoms with van der Waals surface area (Å²) in [6.07, 6.45) is 2.34. The first kappa shape index (κ1) is 12.0. The summed E-state index contributed by atoms with van der Waals surface area (Å²) in [4.78, 5) is 24.4. The molecular weight excluding hydrogens is 194 g/mol. The van der Waals surface area contributed by atoms with Crippen LogP contribution in [0.5, 0.6) is 0 Å². The van der Waals surface area contributed by atoms with Crippen LogP contribution in [0.4, 0.5) is 4.79 Å². The zero-order chi connectivity index (χ0) is 11.4. The van der Waals surface area contributed by atoms with Crippen molar-refractivity contribution in [1.82, 2.24) is 10.2 Å². The van der Waals surface area contributed by atoms with Gasteiger partial charge in [0.05, 0.1) is 0 Å². The summed E-state index contributed by atoms with van der Waals surface area (Å²) < 4.78 is 0. The van der Waals surface area contributed by atoms with Crippen molar-refractivity contribution in [3.63, 3.8) is 0 Å². The van der Waals surface area contributed by atoms with E-state index in [1.165, 1.54) is 4.90 Å². The van der Waals surface area contributed by atoms with Crippen LogP contribution in [0.15, 0.2) is 0 Å². The summed E-state index contributed by atoms with van der Waals surface area (Å²) in [6.45, 7) is 4.24. The van der Waals surface area contributed by atoms with E-state index in [0.717, 1.165) is 12.8 Å². The monoisotopic (exact) mass is 213 g/mol. The van der Waals surface area contributed by atoms with Crippen molar-refractivity contribution in [3.05, 3.63) is 0 Å². The first-order chi connectivity index (χ1) is 7.10. The van der Waals surface area contributed by atoms with Crippen LogP contribution in [0.2, 0.25) is 0 Å². The van der Waals surface area contributed by atoms with Crippen molar-refractivity contribution in [1.29, 1.82) is 0 Å². The number of imide groups is 1. The van der Waals surface area contributed by atoms with Crippen LogP contribution < -0.4 is 11.1 Å². The standard InChI is InChI=1S/C10H19N3O2/c1-3-5-8-9(14)13(10(15)12-8)6-7(11)4-2/h7-8H,3-6,11H2,1-2H3,(H,12,15). The lowest BCUT2D eigenvalue weighted by molar-refractivity contribution is -0.127. The molecule has 5 nitrogen and oxygen atoms in total. The molecule has 0 aromatic heterocycles. The molecule has 0 aromatic carbocycles. The molecule has 1 aliphatic rings. The molecule has 15 heavy (non-hydrogen) atoms. The third-order valence-corrected chi connectivity index (χ3v) is 2.63. The van der Waals surface area contributed by atoms with Crippen LogP contribution in [0, 0.1) is 0 Å². The lowest BCUT2D eigenvalue weighted by Gasteiger charge is -2.16. The number of carbonyl (C=O) groups is 2. The van der Waals surface area contributed by atoms with Gasteiger partial charge in [0.2, 0.25) is 0 Å². The second-order valence-corrected chi connectivity index (χ2v) is 3.91. The third kappa shape index (κ3) is 2.68. The quantitative estimate of drug-likeness (QED) is 0.651. The molecule has 2 atom stereocenters. The van der Waals surface area contributed by atoms with E-state index in [1.807, 2.05) is 13.8 Å². The van der Waals surface area contributed by atoms with E-state index >= 15 is 0 Å². The van der Waals surface area contributed by atoms with Crippen LogP contribution >= 0.6 is 0 Å². The van der Waals surface area contributed by atoms with Gasteiger partial charge in [0, 0.05) is 12.6 Å². The normalized spacial score (nSPS) is 23.1. The fourth-order valence-electron chi connectivity index (χ4n) is 1.60. The minimum atomic E-state index is -0.341. The Labute approximate surface area is 90.0 Å². The molecule has 1 rings (SSSR count). The highest BCUT2D eigenvalue weighted by Crippen LogP contribution is 2.11. The highest BCUT2D eigenvalue weighted by molar-refractivity contribution is 6.04. The minimum absolute atomic E-state index is 0.125. The summed E-state index contributed by atoms with van der Waals surface area (Å²) in [5.41, 5.74) is 5.72. The first-order valence-electron chi connectivity index (χ1n) is 5.47. The third-order valence-electron chi connectivity index (χ3n) is 2.63. The van der Waals surface area contributed by atoms with Gasteiger partial charge in [-0.25, -0.2) is 4.79 Å². The van der Waals surface area contributed by atoms with E-state index in [4.69, 9.17) is 5.73 Å². The molecule has 5 heteroatoms. The van der Waals surface area contributed by atoms with Gasteiger partial charge < -0.3 is 11.1 Å². The summed E-state index contributed by atoms with van der Waals surface area (Å²) in [7, 11) is 0. The van der Waals surface area contributed by atoms with Crippen molar-refractivity contribution in [2.75, 3.05) is 6.54 Å². The highest BCUT2D eigenvalue weighted by atomic mass is 16.2. The second-order valence-electron chi connectivity index (χ2n) is 3.91. The maximum absolute atomic E-state index is 11.7. The van der Waals surface area contributed by atoms with Crippen molar-refractivity contribution >= 4 is 11.9 Å². The zero-order valence-electron chi connectivity index (χ0n) is 9.32. The number of carbonyl (C=O) groups excluding carboxylic acids is 2. The average molecular weight is 213 g/mol. The number of nitrogens with one attached hydrogen (secondary N) is 1. The van der Waals surface area contributed by atoms with Gasteiger partial charge in [-0.1, -0.05) is 20.3 Å². The van der Waals surface area contributed by atoms with E-state index in [9.17, 15) is 9.59 Å². The van der Waals surface area contributed by atoms with Crippen molar-refractivity contribution in [3.8, 4) is 0 Å². The van der Waals surface area contributed by atoms with Gasteiger partial charge in [-0.05, 0) is 12.8 Å². The number of urea groups is 1. The maximum Gasteiger partial charge on any atom is 0.324 e. The molecule has 3 N–H and O–H groups in total. The smallest absolute Gasteiger partial charge is 0.324 e. The Bertz CT molecular complexity index is 255. The van der Waals surface area contributed by atoms with Crippen LogP contribution in [-0.4, -0.2) is 35.5 Å². The summed E-state index contributed by atoms with van der Waals surface area (Å²) >= 11 is 0. The first-order valence-corrected chi connectivity index (χ1v) is 5.47. The van der Waals surface area contributed by atoms with Gasteiger partial charge in [-0.2, -0.15) is 0 Å². The Hall–Kier alpha value is -1.10. The van der Waals surface area contributed by atoms with Gasteiger partial charge >= 0.3 is 6.03 Å². The number of rotatable bonds is 5. The predicted molar refractivity (Wildman–Crippen MR) is 57.2 cm³/mol. The van der Waals surface area contributed by atoms with E-state index in [-0.39, 0.29) is 24.0 Å². The molecule has 0 aliphatic carbocycles. The number of hydrogen-bond donors (Lipinski definition) is 2. The molecule has 0 bridgehead atoms. The van der Waals surface area contributed by atoms with Gasteiger partial charge in [-0.15, -0.1) is 0 Å². The molecule has 0 saturated carbocycles. The van der Waals surface area contributed by atoms with E-state index < -0.39 is 0 Å². The summed E-state index contributed by atoms with van der Waals surface area (Å²) in [5, 5.41) is 2.67. The molecule has 86 valence electrons. The molecule has 1 heterocycles. The summed E-state index contributed by atoms with van der Waals surface area (Å²) in [5.74, 6) is -0.134. The Morgan fingerprint density at radius 3 is 2.67 bits per heavy atom. The molecule has 1 aliphatic heterocycles. The van der Waals surface area contributed by atoms with Crippen molar-refractivity contribution in [2.45, 2.75) is 45.2 Å². The van der Waals surface area contributed by atoms with Crippen LogP contribution in [0.25, 0.3) is 0 Å². The van der Waals surface area contributed by atoms with Gasteiger partial charge in [0.15, 0.2) is 0 Å². The lowest BCUT2D eigenvalue weighted by atomic mass is 10.1. The number of amides is 3. The zero-order valence-corrected chi connectivity index (χ0v) is 9.32. The highest BCUT2D eigenvalue weighted by Gasteiger charge is 2.37. The van der Waals surface area contributed by atoms with Crippen LogP contribution in [-0.2, 0) is 4.79 Å². The Morgan fingerprint density at radius 1 is 1.47 bits per heavy atom. The average Bonchev–Trinajstić information content (AvgIpc) is 2.46. The van der Waals surface area contributed by atoms with Gasteiger partial charge in [0.1, 0.15) is 6.04 Å². The number of nitrogens with zero attached hydrogens (tertiary/aromatic N) is 1. The predicted octanol–water partition coefficient (Wildman–Crippen LogP) is 0.444. The molecule has 0 radical (unpaired) electrons. The largest absolute Gasteiger partial charge is 0.326 e.